The lowest BCUT2D eigenvalue weighted by atomic mass is 10.0. The van der Waals surface area contributed by atoms with Crippen molar-refractivity contribution in [2.45, 2.75) is 20.3 Å². The molecular weight excluding hydrogens is 314 g/mol. The molecule has 132 valence electrons. The highest BCUT2D eigenvalue weighted by molar-refractivity contribution is 5.94. The van der Waals surface area contributed by atoms with E-state index in [1.54, 1.807) is 0 Å². The molecule has 0 saturated carbocycles. The summed E-state index contributed by atoms with van der Waals surface area (Å²) in [5.41, 5.74) is 4.12. The largest absolute Gasteiger partial charge is 0.356 e. The summed E-state index contributed by atoms with van der Waals surface area (Å²) in [5, 5.41) is 0. The van der Waals surface area contributed by atoms with Crippen LogP contribution in [0.4, 0.5) is 0 Å². The molecule has 2 amide bonds. The van der Waals surface area contributed by atoms with Gasteiger partial charge in [-0.25, -0.2) is 0 Å². The molecule has 0 aliphatic carbocycles. The van der Waals surface area contributed by atoms with Crippen LogP contribution in [-0.4, -0.2) is 52.4 Å². The SMILES string of the molecule is Cc1ccc(C)c(CC(=O)N2CCN(C(=O)c3ccn(C)c3)CC2)c1. The van der Waals surface area contributed by atoms with Crippen LogP contribution in [0.2, 0.25) is 0 Å². The number of aromatic nitrogens is 1. The van der Waals surface area contributed by atoms with Gasteiger partial charge in [0.15, 0.2) is 0 Å². The zero-order valence-corrected chi connectivity index (χ0v) is 15.2. The Labute approximate surface area is 148 Å². The molecule has 1 aromatic heterocycles. The van der Waals surface area contributed by atoms with E-state index in [2.05, 4.69) is 18.2 Å². The van der Waals surface area contributed by atoms with Gasteiger partial charge in [-0.05, 0) is 31.0 Å². The van der Waals surface area contributed by atoms with E-state index in [1.165, 1.54) is 5.56 Å². The molecule has 0 N–H and O–H groups in total. The second-order valence-corrected chi connectivity index (χ2v) is 6.85. The molecule has 25 heavy (non-hydrogen) atoms. The number of aryl methyl sites for hydroxylation is 3. The van der Waals surface area contributed by atoms with Crippen molar-refractivity contribution >= 4 is 11.8 Å². The molecule has 2 aromatic rings. The minimum absolute atomic E-state index is 0.0437. The number of amides is 2. The standard InChI is InChI=1S/C20H25N3O2/c1-15-4-5-16(2)18(12-15)13-19(24)22-8-10-23(11-9-22)20(25)17-6-7-21(3)14-17/h4-7,12,14H,8-11,13H2,1-3H3. The van der Waals surface area contributed by atoms with Gasteiger partial charge in [0.25, 0.3) is 5.91 Å². The van der Waals surface area contributed by atoms with E-state index >= 15 is 0 Å². The van der Waals surface area contributed by atoms with Gasteiger partial charge in [-0.3, -0.25) is 9.59 Å². The average molecular weight is 339 g/mol. The summed E-state index contributed by atoms with van der Waals surface area (Å²) in [6.07, 6.45) is 4.14. The van der Waals surface area contributed by atoms with Crippen molar-refractivity contribution < 1.29 is 9.59 Å². The van der Waals surface area contributed by atoms with E-state index in [-0.39, 0.29) is 11.8 Å². The Morgan fingerprint density at radius 1 is 1.00 bits per heavy atom. The van der Waals surface area contributed by atoms with Crippen LogP contribution in [0.3, 0.4) is 0 Å². The van der Waals surface area contributed by atoms with Gasteiger partial charge in [-0.15, -0.1) is 0 Å². The first kappa shape index (κ1) is 17.3. The summed E-state index contributed by atoms with van der Waals surface area (Å²) in [4.78, 5) is 28.8. The van der Waals surface area contributed by atoms with Crippen LogP contribution in [-0.2, 0) is 18.3 Å². The zero-order valence-electron chi connectivity index (χ0n) is 15.2. The highest BCUT2D eigenvalue weighted by Crippen LogP contribution is 2.14. The zero-order chi connectivity index (χ0) is 18.0. The fraction of sp³-hybridized carbons (Fsp3) is 0.400. The van der Waals surface area contributed by atoms with Gasteiger partial charge in [-0.1, -0.05) is 23.8 Å². The van der Waals surface area contributed by atoms with Gasteiger partial charge < -0.3 is 14.4 Å². The van der Waals surface area contributed by atoms with Crippen molar-refractivity contribution in [2.24, 2.45) is 7.05 Å². The predicted molar refractivity (Wildman–Crippen MR) is 97.5 cm³/mol. The Kier molecular flexibility index (Phi) is 4.93. The van der Waals surface area contributed by atoms with Crippen molar-refractivity contribution in [3.05, 3.63) is 58.9 Å². The molecule has 0 unspecified atom stereocenters. The molecule has 0 bridgehead atoms. The van der Waals surface area contributed by atoms with E-state index in [0.29, 0.717) is 38.2 Å². The first-order valence-corrected chi connectivity index (χ1v) is 8.69. The van der Waals surface area contributed by atoms with E-state index < -0.39 is 0 Å². The third-order valence-electron chi connectivity index (χ3n) is 4.84. The van der Waals surface area contributed by atoms with Gasteiger partial charge in [0.05, 0.1) is 12.0 Å². The average Bonchev–Trinajstić information content (AvgIpc) is 3.04. The molecule has 2 heterocycles. The lowest BCUT2D eigenvalue weighted by Gasteiger charge is -2.34. The van der Waals surface area contributed by atoms with E-state index in [1.807, 2.05) is 53.7 Å². The second-order valence-electron chi connectivity index (χ2n) is 6.85. The highest BCUT2D eigenvalue weighted by atomic mass is 16.2. The molecule has 3 rings (SSSR count). The monoisotopic (exact) mass is 339 g/mol. The van der Waals surface area contributed by atoms with Crippen molar-refractivity contribution in [2.75, 3.05) is 26.2 Å². The highest BCUT2D eigenvalue weighted by Gasteiger charge is 2.25. The summed E-state index contributed by atoms with van der Waals surface area (Å²) < 4.78 is 1.87. The number of hydrogen-bond donors (Lipinski definition) is 0. The van der Waals surface area contributed by atoms with Crippen LogP contribution in [0.15, 0.2) is 36.7 Å². The minimum atomic E-state index is 0.0437. The summed E-state index contributed by atoms with van der Waals surface area (Å²) >= 11 is 0. The van der Waals surface area contributed by atoms with Gasteiger partial charge in [0, 0.05) is 45.6 Å². The number of piperazine rings is 1. The molecule has 0 atom stereocenters. The van der Waals surface area contributed by atoms with Crippen LogP contribution in [0.25, 0.3) is 0 Å². The Bertz CT molecular complexity index is 786. The quantitative estimate of drug-likeness (QED) is 0.860. The van der Waals surface area contributed by atoms with Crippen LogP contribution in [0.1, 0.15) is 27.0 Å². The fourth-order valence-corrected chi connectivity index (χ4v) is 3.24. The fourth-order valence-electron chi connectivity index (χ4n) is 3.24. The maximum atomic E-state index is 12.6. The lowest BCUT2D eigenvalue weighted by Crippen LogP contribution is -2.51. The predicted octanol–water partition coefficient (Wildman–Crippen LogP) is 2.17. The van der Waals surface area contributed by atoms with Gasteiger partial charge in [-0.2, -0.15) is 0 Å². The first-order valence-electron chi connectivity index (χ1n) is 8.69. The normalized spacial score (nSPS) is 14.7. The summed E-state index contributed by atoms with van der Waals surface area (Å²) in [6.45, 7) is 6.46. The van der Waals surface area contributed by atoms with Crippen molar-refractivity contribution in [3.63, 3.8) is 0 Å². The molecule has 1 fully saturated rings. The molecule has 1 aliphatic heterocycles. The van der Waals surface area contributed by atoms with E-state index in [0.717, 1.165) is 11.1 Å². The van der Waals surface area contributed by atoms with Crippen molar-refractivity contribution in [3.8, 4) is 0 Å². The molecule has 1 aromatic carbocycles. The summed E-state index contributed by atoms with van der Waals surface area (Å²) in [7, 11) is 1.90. The van der Waals surface area contributed by atoms with Gasteiger partial charge in [0.1, 0.15) is 0 Å². The first-order chi connectivity index (χ1) is 11.9. The molecule has 5 nitrogen and oxygen atoms in total. The smallest absolute Gasteiger partial charge is 0.255 e. The topological polar surface area (TPSA) is 45.6 Å². The van der Waals surface area contributed by atoms with Crippen molar-refractivity contribution in [1.82, 2.24) is 14.4 Å². The number of nitrogens with zero attached hydrogens (tertiary/aromatic N) is 3. The maximum absolute atomic E-state index is 12.6. The lowest BCUT2D eigenvalue weighted by molar-refractivity contribution is -0.131. The molecule has 0 radical (unpaired) electrons. The summed E-state index contributed by atoms with van der Waals surface area (Å²) in [5.74, 6) is 0.183. The number of rotatable bonds is 3. The van der Waals surface area contributed by atoms with Crippen LogP contribution < -0.4 is 0 Å². The van der Waals surface area contributed by atoms with Crippen LogP contribution >= 0.6 is 0 Å². The molecule has 1 saturated heterocycles. The molecule has 0 spiro atoms. The number of carbonyl (C=O) groups excluding carboxylic acids is 2. The van der Waals surface area contributed by atoms with E-state index in [9.17, 15) is 9.59 Å². The van der Waals surface area contributed by atoms with Crippen molar-refractivity contribution in [1.29, 1.82) is 0 Å². The van der Waals surface area contributed by atoms with Crippen LogP contribution in [0, 0.1) is 13.8 Å². The Balaban J connectivity index is 1.57. The van der Waals surface area contributed by atoms with Crippen LogP contribution in [0.5, 0.6) is 0 Å². The third kappa shape index (κ3) is 3.92. The number of benzene rings is 1. The Morgan fingerprint density at radius 3 is 2.32 bits per heavy atom. The van der Waals surface area contributed by atoms with Gasteiger partial charge in [0.2, 0.25) is 5.91 Å². The second kappa shape index (κ2) is 7.13. The van der Waals surface area contributed by atoms with E-state index in [4.69, 9.17) is 0 Å². The molecule has 1 aliphatic rings. The maximum Gasteiger partial charge on any atom is 0.255 e. The van der Waals surface area contributed by atoms with Gasteiger partial charge >= 0.3 is 0 Å². The molecule has 5 heteroatoms. The summed E-state index contributed by atoms with van der Waals surface area (Å²) in [6, 6.07) is 8.05. The Hall–Kier alpha value is -2.56. The number of carbonyl (C=O) groups is 2. The molecular formula is C20H25N3O2. The third-order valence-corrected chi connectivity index (χ3v) is 4.84. The number of hydrogen-bond acceptors (Lipinski definition) is 2. The minimum Gasteiger partial charge on any atom is -0.356 e. The Morgan fingerprint density at radius 2 is 1.68 bits per heavy atom.